The zero-order valence-electron chi connectivity index (χ0n) is 15.1. The third-order valence-corrected chi connectivity index (χ3v) is 5.43. The molecule has 1 N–H and O–H groups in total. The molecule has 1 saturated heterocycles. The maximum atomic E-state index is 13.2. The second kappa shape index (κ2) is 6.30. The van der Waals surface area contributed by atoms with Crippen molar-refractivity contribution in [1.29, 1.82) is 0 Å². The maximum Gasteiger partial charge on any atom is 0.325 e. The van der Waals surface area contributed by atoms with Gasteiger partial charge in [0.15, 0.2) is 5.82 Å². The van der Waals surface area contributed by atoms with Gasteiger partial charge < -0.3 is 9.84 Å². The molecule has 3 aromatic rings. The van der Waals surface area contributed by atoms with E-state index in [1.807, 2.05) is 54.6 Å². The molecule has 7 nitrogen and oxygen atoms in total. The van der Waals surface area contributed by atoms with Crippen LogP contribution in [0.5, 0.6) is 0 Å². The van der Waals surface area contributed by atoms with Gasteiger partial charge in [-0.3, -0.25) is 9.69 Å². The van der Waals surface area contributed by atoms with E-state index in [-0.39, 0.29) is 18.3 Å². The van der Waals surface area contributed by atoms with Crippen molar-refractivity contribution < 1.29 is 14.1 Å². The number of nitrogens with zero attached hydrogens (tertiary/aromatic N) is 3. The second-order valence-corrected chi connectivity index (χ2v) is 7.15. The Labute approximate surface area is 161 Å². The summed E-state index contributed by atoms with van der Waals surface area (Å²) in [5.74, 6) is 0.511. The number of urea groups is 1. The molecule has 28 heavy (non-hydrogen) atoms. The Bertz CT molecular complexity index is 1060. The minimum absolute atomic E-state index is 0.0314. The molecule has 1 spiro atoms. The van der Waals surface area contributed by atoms with E-state index in [1.165, 1.54) is 4.90 Å². The zero-order valence-corrected chi connectivity index (χ0v) is 15.1. The SMILES string of the molecule is O=C1NC2(CCc3ccccc32)C(=O)N1Cc1nc(Cc2ccccc2)no1. The largest absolute Gasteiger partial charge is 0.337 e. The molecule has 1 unspecified atom stereocenters. The lowest BCUT2D eigenvalue weighted by Crippen LogP contribution is -2.41. The standard InChI is InChI=1S/C21H18N4O3/c26-19-21(11-10-15-8-4-5-9-16(15)21)23-20(27)25(19)13-18-22-17(24-28-18)12-14-6-2-1-3-7-14/h1-9H,10-13H2,(H,23,27). The van der Waals surface area contributed by atoms with Gasteiger partial charge in [-0.2, -0.15) is 4.98 Å². The van der Waals surface area contributed by atoms with E-state index in [9.17, 15) is 9.59 Å². The molecular formula is C21H18N4O3. The number of carbonyl (C=O) groups is 2. The highest BCUT2D eigenvalue weighted by atomic mass is 16.5. The van der Waals surface area contributed by atoms with Crippen molar-refractivity contribution in [1.82, 2.24) is 20.4 Å². The van der Waals surface area contributed by atoms with Crippen LogP contribution >= 0.6 is 0 Å². The molecule has 0 radical (unpaired) electrons. The fourth-order valence-corrected chi connectivity index (χ4v) is 4.07. The van der Waals surface area contributed by atoms with Crippen LogP contribution in [0.4, 0.5) is 4.79 Å². The Morgan fingerprint density at radius 2 is 1.86 bits per heavy atom. The summed E-state index contributed by atoms with van der Waals surface area (Å²) in [6, 6.07) is 17.1. The summed E-state index contributed by atoms with van der Waals surface area (Å²) in [5, 5.41) is 6.87. The second-order valence-electron chi connectivity index (χ2n) is 7.15. The quantitative estimate of drug-likeness (QED) is 0.709. The van der Waals surface area contributed by atoms with Crippen molar-refractivity contribution in [3.63, 3.8) is 0 Å². The third kappa shape index (κ3) is 2.58. The van der Waals surface area contributed by atoms with E-state index in [0.29, 0.717) is 18.7 Å². The van der Waals surface area contributed by atoms with Crippen LogP contribution in [0.2, 0.25) is 0 Å². The number of aryl methyl sites for hydroxylation is 1. The number of aromatic nitrogens is 2. The Balaban J connectivity index is 1.36. The molecule has 2 aromatic carbocycles. The Hall–Kier alpha value is -3.48. The van der Waals surface area contributed by atoms with Crippen molar-refractivity contribution in [3.8, 4) is 0 Å². The summed E-state index contributed by atoms with van der Waals surface area (Å²) >= 11 is 0. The molecule has 0 saturated carbocycles. The van der Waals surface area contributed by atoms with Gasteiger partial charge in [0, 0.05) is 6.42 Å². The molecule has 1 aliphatic carbocycles. The lowest BCUT2D eigenvalue weighted by atomic mass is 9.92. The van der Waals surface area contributed by atoms with Gasteiger partial charge in [0.25, 0.3) is 5.91 Å². The van der Waals surface area contributed by atoms with Gasteiger partial charge in [-0.25, -0.2) is 4.79 Å². The summed E-state index contributed by atoms with van der Waals surface area (Å²) < 4.78 is 5.28. The first kappa shape index (κ1) is 16.7. The monoisotopic (exact) mass is 374 g/mol. The number of nitrogens with one attached hydrogen (secondary N) is 1. The zero-order chi connectivity index (χ0) is 19.1. The normalized spacial score (nSPS) is 20.6. The van der Waals surface area contributed by atoms with Gasteiger partial charge in [0.2, 0.25) is 5.89 Å². The predicted molar refractivity (Wildman–Crippen MR) is 99.1 cm³/mol. The molecule has 1 aliphatic heterocycles. The summed E-state index contributed by atoms with van der Waals surface area (Å²) in [7, 11) is 0. The Kier molecular flexibility index (Phi) is 3.75. The Morgan fingerprint density at radius 1 is 1.07 bits per heavy atom. The molecule has 1 atom stereocenters. The van der Waals surface area contributed by atoms with E-state index in [0.717, 1.165) is 23.1 Å². The summed E-state index contributed by atoms with van der Waals surface area (Å²) in [6.07, 6.45) is 1.86. The van der Waals surface area contributed by atoms with Crippen LogP contribution in [0, 0.1) is 0 Å². The van der Waals surface area contributed by atoms with Gasteiger partial charge in [-0.05, 0) is 29.5 Å². The first-order valence-corrected chi connectivity index (χ1v) is 9.24. The average molecular weight is 374 g/mol. The molecule has 7 heteroatoms. The lowest BCUT2D eigenvalue weighted by Gasteiger charge is -2.21. The Morgan fingerprint density at radius 3 is 2.71 bits per heavy atom. The minimum atomic E-state index is -0.972. The highest BCUT2D eigenvalue weighted by Crippen LogP contribution is 2.41. The lowest BCUT2D eigenvalue weighted by molar-refractivity contribution is -0.132. The molecule has 1 aromatic heterocycles. The van der Waals surface area contributed by atoms with Crippen molar-refractivity contribution in [2.24, 2.45) is 0 Å². The predicted octanol–water partition coefficient (Wildman–Crippen LogP) is 2.55. The molecule has 3 amide bonds. The molecule has 5 rings (SSSR count). The van der Waals surface area contributed by atoms with Gasteiger partial charge >= 0.3 is 6.03 Å². The van der Waals surface area contributed by atoms with Crippen LogP contribution in [-0.2, 0) is 29.7 Å². The van der Waals surface area contributed by atoms with E-state index in [4.69, 9.17) is 4.52 Å². The van der Waals surface area contributed by atoms with Crippen LogP contribution in [0.1, 0.15) is 34.8 Å². The van der Waals surface area contributed by atoms with E-state index in [2.05, 4.69) is 15.5 Å². The van der Waals surface area contributed by atoms with Crippen LogP contribution in [-0.4, -0.2) is 27.0 Å². The third-order valence-electron chi connectivity index (χ3n) is 5.43. The maximum absolute atomic E-state index is 13.2. The van der Waals surface area contributed by atoms with Crippen LogP contribution < -0.4 is 5.32 Å². The summed E-state index contributed by atoms with van der Waals surface area (Å²) in [6.45, 7) is -0.0314. The smallest absolute Gasteiger partial charge is 0.325 e. The summed E-state index contributed by atoms with van der Waals surface area (Å²) in [5.41, 5.74) is 2.07. The van der Waals surface area contributed by atoms with Gasteiger partial charge in [0.05, 0.1) is 0 Å². The topological polar surface area (TPSA) is 88.3 Å². The molecule has 0 bridgehead atoms. The average Bonchev–Trinajstić information content (AvgIpc) is 3.37. The van der Waals surface area contributed by atoms with Gasteiger partial charge in [0.1, 0.15) is 12.1 Å². The number of fused-ring (bicyclic) bond motifs is 2. The fourth-order valence-electron chi connectivity index (χ4n) is 4.07. The number of rotatable bonds is 4. The highest BCUT2D eigenvalue weighted by Gasteiger charge is 2.55. The van der Waals surface area contributed by atoms with Crippen molar-refractivity contribution in [2.45, 2.75) is 31.3 Å². The number of benzene rings is 2. The fraction of sp³-hybridized carbons (Fsp3) is 0.238. The van der Waals surface area contributed by atoms with Gasteiger partial charge in [-0.15, -0.1) is 0 Å². The first-order chi connectivity index (χ1) is 13.7. The van der Waals surface area contributed by atoms with E-state index < -0.39 is 11.6 Å². The number of hydrogen-bond acceptors (Lipinski definition) is 5. The number of carbonyl (C=O) groups excluding carboxylic acids is 2. The van der Waals surface area contributed by atoms with E-state index in [1.54, 1.807) is 0 Å². The van der Waals surface area contributed by atoms with Crippen molar-refractivity contribution in [2.75, 3.05) is 0 Å². The molecule has 2 heterocycles. The minimum Gasteiger partial charge on any atom is -0.337 e. The van der Waals surface area contributed by atoms with Crippen molar-refractivity contribution >= 4 is 11.9 Å². The molecular weight excluding hydrogens is 356 g/mol. The van der Waals surface area contributed by atoms with Crippen molar-refractivity contribution in [3.05, 3.63) is 83.0 Å². The van der Waals surface area contributed by atoms with Crippen LogP contribution in [0.25, 0.3) is 0 Å². The number of hydrogen-bond donors (Lipinski definition) is 1. The molecule has 2 aliphatic rings. The van der Waals surface area contributed by atoms with Crippen LogP contribution in [0.3, 0.4) is 0 Å². The number of imide groups is 1. The van der Waals surface area contributed by atoms with Crippen LogP contribution in [0.15, 0.2) is 59.1 Å². The van der Waals surface area contributed by atoms with Gasteiger partial charge in [-0.1, -0.05) is 59.8 Å². The van der Waals surface area contributed by atoms with E-state index >= 15 is 0 Å². The molecule has 140 valence electrons. The first-order valence-electron chi connectivity index (χ1n) is 9.24. The number of amides is 3. The summed E-state index contributed by atoms with van der Waals surface area (Å²) in [4.78, 5) is 31.2. The highest BCUT2D eigenvalue weighted by molar-refractivity contribution is 6.07. The molecule has 1 fully saturated rings.